The Balaban J connectivity index is 1.98. The molecule has 18 heavy (non-hydrogen) atoms. The smallest absolute Gasteiger partial charge is 0.0295 e. The Labute approximate surface area is 127 Å². The van der Waals surface area contributed by atoms with Crippen molar-refractivity contribution in [1.29, 1.82) is 0 Å². The zero-order chi connectivity index (χ0) is 12.8. The number of thioether (sulfide) groups is 2. The minimum Gasteiger partial charge on any atom is -0.313 e. The van der Waals surface area contributed by atoms with Crippen molar-refractivity contribution >= 4 is 39.5 Å². The molecule has 0 radical (unpaired) electrons. The highest BCUT2D eigenvalue weighted by Gasteiger charge is 2.23. The summed E-state index contributed by atoms with van der Waals surface area (Å²) in [4.78, 5) is 0. The summed E-state index contributed by atoms with van der Waals surface area (Å²) >= 11 is 7.74. The predicted octanol–water partition coefficient (Wildman–Crippen LogP) is 3.82. The second-order valence-corrected chi connectivity index (χ2v) is 7.89. The van der Waals surface area contributed by atoms with Crippen molar-refractivity contribution in [1.82, 2.24) is 5.32 Å². The fourth-order valence-corrected chi connectivity index (χ4v) is 5.36. The molecule has 0 amide bonds. The molecule has 0 aromatic heterocycles. The van der Waals surface area contributed by atoms with E-state index < -0.39 is 0 Å². The van der Waals surface area contributed by atoms with E-state index in [4.69, 9.17) is 0 Å². The van der Waals surface area contributed by atoms with Gasteiger partial charge in [-0.05, 0) is 30.7 Å². The number of nitrogens with one attached hydrogen (secondary N) is 1. The van der Waals surface area contributed by atoms with Crippen LogP contribution in [0.2, 0.25) is 0 Å². The third-order valence-corrected chi connectivity index (χ3v) is 6.57. The topological polar surface area (TPSA) is 12.0 Å². The monoisotopic (exact) mass is 345 g/mol. The number of hydrogen-bond acceptors (Lipinski definition) is 3. The third kappa shape index (κ3) is 4.48. The molecular formula is C14H20BrNS2. The molecule has 1 aromatic rings. The molecular weight excluding hydrogens is 326 g/mol. The maximum atomic E-state index is 3.67. The van der Waals surface area contributed by atoms with Crippen molar-refractivity contribution in [3.63, 3.8) is 0 Å². The second-order valence-electron chi connectivity index (χ2n) is 4.48. The first-order chi connectivity index (χ1) is 8.79. The average Bonchev–Trinajstić information content (AvgIpc) is 2.42. The lowest BCUT2D eigenvalue weighted by atomic mass is 10.0. The Morgan fingerprint density at radius 1 is 1.33 bits per heavy atom. The van der Waals surface area contributed by atoms with Crippen LogP contribution in [-0.4, -0.2) is 35.1 Å². The minimum absolute atomic E-state index is 0.606. The van der Waals surface area contributed by atoms with Gasteiger partial charge in [0, 0.05) is 33.0 Å². The van der Waals surface area contributed by atoms with E-state index in [1.54, 1.807) is 0 Å². The Hall–Kier alpha value is 0.360. The van der Waals surface area contributed by atoms with Gasteiger partial charge in [-0.25, -0.2) is 0 Å². The van der Waals surface area contributed by atoms with Crippen LogP contribution in [0.25, 0.3) is 0 Å². The van der Waals surface area contributed by atoms with Crippen LogP contribution >= 0.6 is 39.5 Å². The summed E-state index contributed by atoms with van der Waals surface area (Å²) in [7, 11) is 0. The van der Waals surface area contributed by atoms with E-state index in [1.165, 1.54) is 22.8 Å². The van der Waals surface area contributed by atoms with Gasteiger partial charge in [-0.15, -0.1) is 0 Å². The number of rotatable bonds is 5. The lowest BCUT2D eigenvalue weighted by molar-refractivity contribution is 0.522. The van der Waals surface area contributed by atoms with E-state index in [1.807, 2.05) is 0 Å². The van der Waals surface area contributed by atoms with Crippen molar-refractivity contribution in [2.24, 2.45) is 0 Å². The van der Waals surface area contributed by atoms with Crippen LogP contribution in [0.15, 0.2) is 28.7 Å². The molecule has 1 aromatic carbocycles. The minimum atomic E-state index is 0.606. The first kappa shape index (κ1) is 14.8. The van der Waals surface area contributed by atoms with Gasteiger partial charge >= 0.3 is 0 Å². The number of benzene rings is 1. The van der Waals surface area contributed by atoms with Crippen LogP contribution < -0.4 is 5.32 Å². The summed E-state index contributed by atoms with van der Waals surface area (Å²) in [6, 6.07) is 9.35. The summed E-state index contributed by atoms with van der Waals surface area (Å²) in [5.74, 6) is 3.91. The maximum Gasteiger partial charge on any atom is 0.0295 e. The first-order valence-corrected chi connectivity index (χ1v) is 9.46. The summed E-state index contributed by atoms with van der Waals surface area (Å²) in [6.07, 6.45) is 1.14. The Morgan fingerprint density at radius 2 is 2.11 bits per heavy atom. The highest BCUT2D eigenvalue weighted by molar-refractivity contribution is 9.10. The molecule has 2 unspecified atom stereocenters. The lowest BCUT2D eigenvalue weighted by Gasteiger charge is -2.30. The number of halogens is 1. The van der Waals surface area contributed by atoms with Crippen molar-refractivity contribution in [2.45, 2.75) is 24.6 Å². The van der Waals surface area contributed by atoms with Gasteiger partial charge in [0.15, 0.2) is 0 Å². The molecule has 1 saturated heterocycles. The third-order valence-electron chi connectivity index (χ3n) is 3.13. The molecule has 4 heteroatoms. The highest BCUT2D eigenvalue weighted by Crippen LogP contribution is 2.28. The fraction of sp³-hybridized carbons (Fsp3) is 0.571. The van der Waals surface area contributed by atoms with Crippen molar-refractivity contribution in [2.75, 3.05) is 23.8 Å². The van der Waals surface area contributed by atoms with E-state index in [-0.39, 0.29) is 0 Å². The number of hydrogen-bond donors (Lipinski definition) is 1. The molecule has 1 nitrogen and oxygen atoms in total. The van der Waals surface area contributed by atoms with Gasteiger partial charge in [0.1, 0.15) is 0 Å². The summed E-state index contributed by atoms with van der Waals surface area (Å²) in [5.41, 5.74) is 1.43. The number of likely N-dealkylation sites (N-methyl/N-ethyl adjacent to an activating group) is 1. The van der Waals surface area contributed by atoms with Crippen LogP contribution in [0.4, 0.5) is 0 Å². The quantitative estimate of drug-likeness (QED) is 0.871. The van der Waals surface area contributed by atoms with E-state index >= 15 is 0 Å². The zero-order valence-corrected chi connectivity index (χ0v) is 13.9. The molecule has 0 saturated carbocycles. The summed E-state index contributed by atoms with van der Waals surface area (Å²) in [5, 5.41) is 4.43. The van der Waals surface area contributed by atoms with Crippen LogP contribution in [-0.2, 0) is 6.42 Å². The van der Waals surface area contributed by atoms with E-state index in [9.17, 15) is 0 Å². The normalized spacial score (nSPS) is 21.8. The van der Waals surface area contributed by atoms with Crippen molar-refractivity contribution in [3.8, 4) is 0 Å². The van der Waals surface area contributed by atoms with Gasteiger partial charge in [-0.3, -0.25) is 0 Å². The Bertz CT molecular complexity index is 349. The van der Waals surface area contributed by atoms with Crippen LogP contribution in [0.5, 0.6) is 0 Å². The molecule has 1 N–H and O–H groups in total. The predicted molar refractivity (Wildman–Crippen MR) is 88.9 cm³/mol. The summed E-state index contributed by atoms with van der Waals surface area (Å²) < 4.78 is 1.16. The molecule has 0 aliphatic carbocycles. The van der Waals surface area contributed by atoms with Crippen LogP contribution in [0.1, 0.15) is 12.5 Å². The van der Waals surface area contributed by atoms with Gasteiger partial charge in [0.05, 0.1) is 0 Å². The van der Waals surface area contributed by atoms with Crippen molar-refractivity contribution < 1.29 is 0 Å². The largest absolute Gasteiger partial charge is 0.313 e. The SMILES string of the molecule is CCNC(Cc1ccc(Br)cc1)C1CSCCS1. The van der Waals surface area contributed by atoms with Gasteiger partial charge in [-0.2, -0.15) is 23.5 Å². The van der Waals surface area contributed by atoms with Gasteiger partial charge in [0.2, 0.25) is 0 Å². The zero-order valence-electron chi connectivity index (χ0n) is 10.7. The van der Waals surface area contributed by atoms with Gasteiger partial charge in [-0.1, -0.05) is 35.0 Å². The standard InChI is InChI=1S/C14H20BrNS2/c1-2-16-13(14-10-17-7-8-18-14)9-11-3-5-12(15)6-4-11/h3-6,13-14,16H,2,7-10H2,1H3. The van der Waals surface area contributed by atoms with Crippen LogP contribution in [0, 0.1) is 0 Å². The van der Waals surface area contributed by atoms with Crippen molar-refractivity contribution in [3.05, 3.63) is 34.3 Å². The second kappa shape index (κ2) is 7.83. The molecule has 1 aliphatic rings. The van der Waals surface area contributed by atoms with Crippen LogP contribution in [0.3, 0.4) is 0 Å². The molecule has 2 atom stereocenters. The van der Waals surface area contributed by atoms with Gasteiger partial charge in [0.25, 0.3) is 0 Å². The molecule has 0 spiro atoms. The van der Waals surface area contributed by atoms with Gasteiger partial charge < -0.3 is 5.32 Å². The van der Waals surface area contributed by atoms with E-state index in [0.29, 0.717) is 6.04 Å². The van der Waals surface area contributed by atoms with E-state index in [2.05, 4.69) is 76.0 Å². The highest BCUT2D eigenvalue weighted by atomic mass is 79.9. The molecule has 1 heterocycles. The Morgan fingerprint density at radius 3 is 2.72 bits per heavy atom. The molecule has 0 bridgehead atoms. The molecule has 1 fully saturated rings. The fourth-order valence-electron chi connectivity index (χ4n) is 2.21. The maximum absolute atomic E-state index is 3.67. The molecule has 100 valence electrons. The lowest BCUT2D eigenvalue weighted by Crippen LogP contribution is -2.42. The molecule has 1 aliphatic heterocycles. The average molecular weight is 346 g/mol. The summed E-state index contributed by atoms with van der Waals surface area (Å²) in [6.45, 7) is 3.26. The first-order valence-electron chi connectivity index (χ1n) is 6.46. The Kier molecular flexibility index (Phi) is 6.42. The molecule has 2 rings (SSSR count). The van der Waals surface area contributed by atoms with E-state index in [0.717, 1.165) is 22.7 Å².